The topological polar surface area (TPSA) is 38.7 Å². The number of hydrogen-bond donors (Lipinski definition) is 0. The van der Waals surface area contributed by atoms with E-state index in [0.717, 1.165) is 27.8 Å². The molecule has 3 heteroatoms. The first kappa shape index (κ1) is 36.1. The number of nitrogens with zero attached hydrogens (tertiary/aromatic N) is 3. The van der Waals surface area contributed by atoms with Crippen LogP contribution >= 0.6 is 0 Å². The van der Waals surface area contributed by atoms with Gasteiger partial charge in [-0.25, -0.2) is 15.0 Å². The lowest BCUT2D eigenvalue weighted by Crippen LogP contribution is -2.40. The van der Waals surface area contributed by atoms with Gasteiger partial charge in [-0.3, -0.25) is 0 Å². The van der Waals surface area contributed by atoms with Gasteiger partial charge in [0.1, 0.15) is 0 Å². The number of fused-ring (bicyclic) bond motifs is 10. The Kier molecular flexibility index (Phi) is 8.10. The lowest BCUT2D eigenvalue weighted by Gasteiger charge is -2.46. The average molecular weight is 792 g/mol. The van der Waals surface area contributed by atoms with Crippen LogP contribution in [0.25, 0.3) is 78.3 Å². The third-order valence-corrected chi connectivity index (χ3v) is 13.4. The molecule has 0 bridgehead atoms. The Hall–Kier alpha value is -7.75. The zero-order chi connectivity index (χ0) is 41.4. The normalized spacial score (nSPS) is 13.9. The van der Waals surface area contributed by atoms with Crippen molar-refractivity contribution >= 4 is 10.8 Å². The molecule has 0 unspecified atom stereocenters. The highest BCUT2D eigenvalue weighted by molar-refractivity contribution is 6.03. The van der Waals surface area contributed by atoms with E-state index in [1.54, 1.807) is 0 Å². The van der Waals surface area contributed by atoms with Gasteiger partial charge in [-0.1, -0.05) is 208 Å². The van der Waals surface area contributed by atoms with Crippen molar-refractivity contribution in [1.29, 1.82) is 0 Å². The van der Waals surface area contributed by atoms with Crippen molar-refractivity contribution in [3.63, 3.8) is 0 Å². The molecule has 10 aromatic rings. The molecule has 62 heavy (non-hydrogen) atoms. The molecule has 0 atom stereocenters. The van der Waals surface area contributed by atoms with E-state index in [-0.39, 0.29) is 5.41 Å². The third kappa shape index (κ3) is 5.34. The molecule has 0 N–H and O–H groups in total. The minimum absolute atomic E-state index is 0.160. The summed E-state index contributed by atoms with van der Waals surface area (Å²) in [7, 11) is 0. The van der Waals surface area contributed by atoms with Crippen molar-refractivity contribution in [2.75, 3.05) is 0 Å². The molecule has 2 aliphatic rings. The summed E-state index contributed by atoms with van der Waals surface area (Å²) in [6.45, 7) is 4.76. The fourth-order valence-electron chi connectivity index (χ4n) is 10.6. The van der Waals surface area contributed by atoms with Crippen LogP contribution in [0.4, 0.5) is 0 Å². The molecule has 2 aliphatic carbocycles. The predicted molar refractivity (Wildman–Crippen MR) is 254 cm³/mol. The fraction of sp³-hybridized carbons (Fsp3) is 0.0678. The Balaban J connectivity index is 1.10. The SMILES string of the molecule is CC1(C)c2ccccc2C2(c3ccccc3-c3c(-c4cc5ccccc5cc4-c4cccc(-c5nc(-c6ccccc6)nc(-c6ccccc6)n5)c4)cccc32)c2ccccc21. The summed E-state index contributed by atoms with van der Waals surface area (Å²) >= 11 is 0. The third-order valence-electron chi connectivity index (χ3n) is 13.4. The monoisotopic (exact) mass is 791 g/mol. The molecule has 292 valence electrons. The number of hydrogen-bond acceptors (Lipinski definition) is 3. The van der Waals surface area contributed by atoms with Crippen molar-refractivity contribution in [3.05, 3.63) is 246 Å². The summed E-state index contributed by atoms with van der Waals surface area (Å²) < 4.78 is 0. The van der Waals surface area contributed by atoms with Crippen LogP contribution in [-0.2, 0) is 10.8 Å². The maximum atomic E-state index is 5.11. The maximum absolute atomic E-state index is 5.11. The minimum atomic E-state index is -0.479. The van der Waals surface area contributed by atoms with E-state index in [2.05, 4.69) is 190 Å². The van der Waals surface area contributed by atoms with Crippen LogP contribution in [0, 0.1) is 0 Å². The lowest BCUT2D eigenvalue weighted by molar-refractivity contribution is 0.563. The van der Waals surface area contributed by atoms with Gasteiger partial charge in [-0.2, -0.15) is 0 Å². The molecule has 12 rings (SSSR count). The van der Waals surface area contributed by atoms with E-state index in [4.69, 9.17) is 15.0 Å². The van der Waals surface area contributed by atoms with Gasteiger partial charge < -0.3 is 0 Å². The number of rotatable bonds is 5. The number of benzene rings is 9. The van der Waals surface area contributed by atoms with Crippen molar-refractivity contribution in [1.82, 2.24) is 15.0 Å². The van der Waals surface area contributed by atoms with Crippen LogP contribution in [0.3, 0.4) is 0 Å². The lowest BCUT2D eigenvalue weighted by atomic mass is 9.55. The molecule has 0 fully saturated rings. The van der Waals surface area contributed by atoms with Crippen LogP contribution in [0.2, 0.25) is 0 Å². The zero-order valence-corrected chi connectivity index (χ0v) is 34.5. The summed E-state index contributed by atoms with van der Waals surface area (Å²) in [6, 6.07) is 77.0. The van der Waals surface area contributed by atoms with Gasteiger partial charge in [-0.05, 0) is 95.7 Å². The van der Waals surface area contributed by atoms with Gasteiger partial charge >= 0.3 is 0 Å². The molecule has 1 aromatic heterocycles. The predicted octanol–water partition coefficient (Wildman–Crippen LogP) is 14.4. The summed E-state index contributed by atoms with van der Waals surface area (Å²) in [6.07, 6.45) is 0. The molecule has 0 saturated heterocycles. The summed E-state index contributed by atoms with van der Waals surface area (Å²) in [5.74, 6) is 1.93. The highest BCUT2D eigenvalue weighted by Crippen LogP contribution is 2.63. The largest absolute Gasteiger partial charge is 0.208 e. The standard InChI is InChI=1S/C59H41N3/c1-58(2)49-30-13-15-32-51(49)59(52-33-16-14-31-50(52)58)48-29-12-11-27-45(48)54-44(28-18-34-53(54)59)47-37-41-24-10-9-23-40(41)36-46(47)42-25-17-26-43(35-42)57-61-55(38-19-5-3-6-20-38)60-56(62-57)39-21-7-4-8-22-39/h3-37H,1-2H3. The second-order valence-electron chi connectivity index (χ2n) is 17.1. The Labute approximate surface area is 362 Å². The van der Waals surface area contributed by atoms with E-state index in [1.807, 2.05) is 36.4 Å². The van der Waals surface area contributed by atoms with Crippen molar-refractivity contribution < 1.29 is 0 Å². The first-order chi connectivity index (χ1) is 30.5. The molecule has 0 radical (unpaired) electrons. The van der Waals surface area contributed by atoms with Crippen molar-refractivity contribution in [2.24, 2.45) is 0 Å². The Morgan fingerprint density at radius 3 is 1.32 bits per heavy atom. The molecule has 9 aromatic carbocycles. The maximum Gasteiger partial charge on any atom is 0.164 e. The first-order valence-electron chi connectivity index (χ1n) is 21.4. The van der Waals surface area contributed by atoms with Gasteiger partial charge in [0, 0.05) is 22.1 Å². The zero-order valence-electron chi connectivity index (χ0n) is 34.5. The van der Waals surface area contributed by atoms with Gasteiger partial charge in [0.2, 0.25) is 0 Å². The van der Waals surface area contributed by atoms with Crippen LogP contribution < -0.4 is 0 Å². The van der Waals surface area contributed by atoms with Gasteiger partial charge in [0.05, 0.1) is 5.41 Å². The van der Waals surface area contributed by atoms with Crippen LogP contribution in [0.5, 0.6) is 0 Å². The second-order valence-corrected chi connectivity index (χ2v) is 17.1. The van der Waals surface area contributed by atoms with Crippen molar-refractivity contribution in [3.8, 4) is 67.5 Å². The highest BCUT2D eigenvalue weighted by Gasteiger charge is 2.53. The summed E-state index contributed by atoms with van der Waals surface area (Å²) in [4.78, 5) is 15.2. The molecule has 0 amide bonds. The molecular formula is C59H41N3. The van der Waals surface area contributed by atoms with Crippen LogP contribution in [0.1, 0.15) is 47.2 Å². The van der Waals surface area contributed by atoms with Crippen LogP contribution in [-0.4, -0.2) is 15.0 Å². The smallest absolute Gasteiger partial charge is 0.164 e. The van der Waals surface area contributed by atoms with E-state index >= 15 is 0 Å². The van der Waals surface area contributed by atoms with E-state index in [1.165, 1.54) is 66.4 Å². The first-order valence-corrected chi connectivity index (χ1v) is 21.4. The summed E-state index contributed by atoms with van der Waals surface area (Å²) in [5, 5.41) is 2.39. The van der Waals surface area contributed by atoms with Crippen LogP contribution in [0.15, 0.2) is 212 Å². The summed E-state index contributed by atoms with van der Waals surface area (Å²) in [5.41, 5.74) is 17.5. The molecule has 0 aliphatic heterocycles. The Bertz CT molecular complexity index is 3280. The molecule has 3 nitrogen and oxygen atoms in total. The quantitative estimate of drug-likeness (QED) is 0.174. The van der Waals surface area contributed by atoms with Gasteiger partial charge in [-0.15, -0.1) is 0 Å². The minimum Gasteiger partial charge on any atom is -0.208 e. The average Bonchev–Trinajstić information content (AvgIpc) is 3.64. The van der Waals surface area contributed by atoms with Crippen molar-refractivity contribution in [2.45, 2.75) is 24.7 Å². The van der Waals surface area contributed by atoms with E-state index in [9.17, 15) is 0 Å². The molecule has 0 saturated carbocycles. The molecule has 1 spiro atoms. The van der Waals surface area contributed by atoms with Gasteiger partial charge in [0.25, 0.3) is 0 Å². The Morgan fingerprint density at radius 2 is 0.710 bits per heavy atom. The molecule has 1 heterocycles. The van der Waals surface area contributed by atoms with E-state index in [0.29, 0.717) is 17.5 Å². The fourth-order valence-corrected chi connectivity index (χ4v) is 10.6. The highest BCUT2D eigenvalue weighted by atomic mass is 15.0. The van der Waals surface area contributed by atoms with Gasteiger partial charge in [0.15, 0.2) is 17.5 Å². The molecular weight excluding hydrogens is 751 g/mol. The Morgan fingerprint density at radius 1 is 0.290 bits per heavy atom. The van der Waals surface area contributed by atoms with E-state index < -0.39 is 5.41 Å². The number of aromatic nitrogens is 3. The second kappa shape index (κ2) is 13.9.